The van der Waals surface area contributed by atoms with Crippen LogP contribution in [0, 0.1) is 0 Å². The lowest BCUT2D eigenvalue weighted by molar-refractivity contribution is 0.121. The highest BCUT2D eigenvalue weighted by molar-refractivity contribution is 4.65. The molecular formula is C11H23NO. The van der Waals surface area contributed by atoms with Gasteiger partial charge in [0.15, 0.2) is 0 Å². The van der Waals surface area contributed by atoms with Gasteiger partial charge in [0.2, 0.25) is 0 Å². The Balaban J connectivity index is 1.78. The van der Waals surface area contributed by atoms with Crippen molar-refractivity contribution in [2.24, 2.45) is 0 Å². The summed E-state index contributed by atoms with van der Waals surface area (Å²) in [5.74, 6) is 0. The monoisotopic (exact) mass is 185 g/mol. The first-order chi connectivity index (χ1) is 6.43. The van der Waals surface area contributed by atoms with Crippen LogP contribution in [0.4, 0.5) is 0 Å². The van der Waals surface area contributed by atoms with Gasteiger partial charge in [-0.1, -0.05) is 13.3 Å². The summed E-state index contributed by atoms with van der Waals surface area (Å²) in [5.41, 5.74) is 0. The molecule has 0 amide bonds. The van der Waals surface area contributed by atoms with E-state index in [1.165, 1.54) is 51.7 Å². The largest absolute Gasteiger partial charge is 0.381 e. The van der Waals surface area contributed by atoms with Gasteiger partial charge < -0.3 is 9.64 Å². The standard InChI is InChI=1S/C11H23NO/c1-2-3-10-13-11-6-9-12-7-4-5-8-12/h2-11H2,1H3. The molecule has 0 N–H and O–H groups in total. The molecule has 1 aliphatic heterocycles. The Morgan fingerprint density at radius 1 is 1.08 bits per heavy atom. The summed E-state index contributed by atoms with van der Waals surface area (Å²) in [6.07, 6.45) is 6.47. The summed E-state index contributed by atoms with van der Waals surface area (Å²) in [6, 6.07) is 0. The molecule has 0 aromatic heterocycles. The van der Waals surface area contributed by atoms with Crippen LogP contribution in [-0.4, -0.2) is 37.7 Å². The van der Waals surface area contributed by atoms with Crippen LogP contribution < -0.4 is 0 Å². The van der Waals surface area contributed by atoms with Gasteiger partial charge in [-0.3, -0.25) is 0 Å². The van der Waals surface area contributed by atoms with Crippen LogP contribution in [-0.2, 0) is 4.74 Å². The Labute approximate surface area is 82.3 Å². The predicted molar refractivity (Wildman–Crippen MR) is 56.0 cm³/mol. The summed E-state index contributed by atoms with van der Waals surface area (Å²) >= 11 is 0. The van der Waals surface area contributed by atoms with Crippen molar-refractivity contribution >= 4 is 0 Å². The smallest absolute Gasteiger partial charge is 0.0478 e. The molecule has 1 saturated heterocycles. The normalized spacial score (nSPS) is 18.2. The minimum atomic E-state index is 0.955. The number of nitrogens with zero attached hydrogens (tertiary/aromatic N) is 1. The molecule has 1 heterocycles. The molecule has 0 aliphatic carbocycles. The Kier molecular flexibility index (Phi) is 6.21. The third kappa shape index (κ3) is 5.27. The zero-order valence-electron chi connectivity index (χ0n) is 8.93. The molecule has 1 fully saturated rings. The average Bonchev–Trinajstić information content (AvgIpc) is 2.63. The molecule has 78 valence electrons. The summed E-state index contributed by atoms with van der Waals surface area (Å²) in [4.78, 5) is 2.54. The van der Waals surface area contributed by atoms with E-state index in [2.05, 4.69) is 11.8 Å². The second-order valence-corrected chi connectivity index (χ2v) is 3.87. The summed E-state index contributed by atoms with van der Waals surface area (Å²) < 4.78 is 5.51. The van der Waals surface area contributed by atoms with Crippen molar-refractivity contribution in [3.63, 3.8) is 0 Å². The third-order valence-corrected chi connectivity index (χ3v) is 2.60. The van der Waals surface area contributed by atoms with E-state index in [0.29, 0.717) is 0 Å². The fourth-order valence-corrected chi connectivity index (χ4v) is 1.74. The summed E-state index contributed by atoms with van der Waals surface area (Å²) in [6.45, 7) is 7.98. The van der Waals surface area contributed by atoms with Crippen molar-refractivity contribution in [1.82, 2.24) is 4.90 Å². The van der Waals surface area contributed by atoms with Crippen LogP contribution in [0.2, 0.25) is 0 Å². The van der Waals surface area contributed by atoms with Gasteiger partial charge in [-0.05, 0) is 38.8 Å². The molecule has 2 heteroatoms. The Morgan fingerprint density at radius 3 is 2.46 bits per heavy atom. The first-order valence-corrected chi connectivity index (χ1v) is 5.73. The molecule has 0 saturated carbocycles. The highest BCUT2D eigenvalue weighted by Crippen LogP contribution is 2.07. The maximum Gasteiger partial charge on any atom is 0.0478 e. The Bertz CT molecular complexity index is 111. The molecule has 0 spiro atoms. The lowest BCUT2D eigenvalue weighted by Gasteiger charge is -2.13. The SMILES string of the molecule is CCCCOCCCN1CCCC1. The van der Waals surface area contributed by atoms with Crippen LogP contribution in [0.5, 0.6) is 0 Å². The van der Waals surface area contributed by atoms with Crippen LogP contribution in [0.15, 0.2) is 0 Å². The van der Waals surface area contributed by atoms with Gasteiger partial charge in [-0.25, -0.2) is 0 Å². The van der Waals surface area contributed by atoms with Crippen molar-refractivity contribution in [1.29, 1.82) is 0 Å². The molecule has 1 aliphatic rings. The summed E-state index contributed by atoms with van der Waals surface area (Å²) in [7, 11) is 0. The molecule has 0 bridgehead atoms. The van der Waals surface area contributed by atoms with Gasteiger partial charge in [0.25, 0.3) is 0 Å². The van der Waals surface area contributed by atoms with E-state index in [-0.39, 0.29) is 0 Å². The number of unbranched alkanes of at least 4 members (excludes halogenated alkanes) is 1. The van der Waals surface area contributed by atoms with Crippen LogP contribution in [0.3, 0.4) is 0 Å². The molecule has 0 aromatic carbocycles. The van der Waals surface area contributed by atoms with Gasteiger partial charge in [0.1, 0.15) is 0 Å². The Morgan fingerprint density at radius 2 is 1.77 bits per heavy atom. The molecule has 0 atom stereocenters. The van der Waals surface area contributed by atoms with Crippen LogP contribution in [0.25, 0.3) is 0 Å². The number of ether oxygens (including phenoxy) is 1. The van der Waals surface area contributed by atoms with Gasteiger partial charge in [0.05, 0.1) is 0 Å². The van der Waals surface area contributed by atoms with E-state index in [1.54, 1.807) is 0 Å². The highest BCUT2D eigenvalue weighted by atomic mass is 16.5. The number of likely N-dealkylation sites (tertiary alicyclic amines) is 1. The fourth-order valence-electron chi connectivity index (χ4n) is 1.74. The van der Waals surface area contributed by atoms with E-state index < -0.39 is 0 Å². The molecular weight excluding hydrogens is 162 g/mol. The first-order valence-electron chi connectivity index (χ1n) is 5.73. The fraction of sp³-hybridized carbons (Fsp3) is 1.00. The van der Waals surface area contributed by atoms with Crippen LogP contribution >= 0.6 is 0 Å². The molecule has 0 unspecified atom stereocenters. The molecule has 13 heavy (non-hydrogen) atoms. The molecule has 2 nitrogen and oxygen atoms in total. The van der Waals surface area contributed by atoms with E-state index in [4.69, 9.17) is 4.74 Å². The van der Waals surface area contributed by atoms with Gasteiger partial charge in [-0.2, -0.15) is 0 Å². The maximum atomic E-state index is 5.51. The lowest BCUT2D eigenvalue weighted by atomic mass is 10.3. The van der Waals surface area contributed by atoms with E-state index >= 15 is 0 Å². The maximum absolute atomic E-state index is 5.51. The van der Waals surface area contributed by atoms with Crippen molar-refractivity contribution < 1.29 is 4.74 Å². The van der Waals surface area contributed by atoms with Crippen molar-refractivity contribution in [3.05, 3.63) is 0 Å². The third-order valence-electron chi connectivity index (χ3n) is 2.60. The van der Waals surface area contributed by atoms with Crippen molar-refractivity contribution in [2.45, 2.75) is 39.0 Å². The first kappa shape index (κ1) is 11.0. The zero-order valence-corrected chi connectivity index (χ0v) is 8.93. The minimum absolute atomic E-state index is 0.955. The Hall–Kier alpha value is -0.0800. The predicted octanol–water partition coefficient (Wildman–Crippen LogP) is 2.29. The minimum Gasteiger partial charge on any atom is -0.381 e. The number of rotatable bonds is 7. The number of hydrogen-bond donors (Lipinski definition) is 0. The highest BCUT2D eigenvalue weighted by Gasteiger charge is 2.09. The molecule has 0 radical (unpaired) electrons. The lowest BCUT2D eigenvalue weighted by Crippen LogP contribution is -2.21. The second-order valence-electron chi connectivity index (χ2n) is 3.87. The van der Waals surface area contributed by atoms with Crippen molar-refractivity contribution in [3.8, 4) is 0 Å². The molecule has 1 rings (SSSR count). The van der Waals surface area contributed by atoms with Crippen LogP contribution in [0.1, 0.15) is 39.0 Å². The quantitative estimate of drug-likeness (QED) is 0.564. The van der Waals surface area contributed by atoms with E-state index in [9.17, 15) is 0 Å². The van der Waals surface area contributed by atoms with Crippen molar-refractivity contribution in [2.75, 3.05) is 32.8 Å². The second kappa shape index (κ2) is 7.34. The van der Waals surface area contributed by atoms with Gasteiger partial charge >= 0.3 is 0 Å². The van der Waals surface area contributed by atoms with E-state index in [1.807, 2.05) is 0 Å². The number of hydrogen-bond acceptors (Lipinski definition) is 2. The van der Waals surface area contributed by atoms with Gasteiger partial charge in [-0.15, -0.1) is 0 Å². The zero-order chi connectivity index (χ0) is 9.36. The van der Waals surface area contributed by atoms with E-state index in [0.717, 1.165) is 13.2 Å². The summed E-state index contributed by atoms with van der Waals surface area (Å²) in [5, 5.41) is 0. The molecule has 0 aromatic rings. The average molecular weight is 185 g/mol. The topological polar surface area (TPSA) is 12.5 Å². The van der Waals surface area contributed by atoms with Gasteiger partial charge in [0, 0.05) is 19.8 Å².